The highest BCUT2D eigenvalue weighted by Crippen LogP contribution is 2.29. The number of rotatable bonds is 3. The average Bonchev–Trinajstić information content (AvgIpc) is 2.18. The predicted octanol–water partition coefficient (Wildman–Crippen LogP) is 2.78. The average molecular weight is 214 g/mol. The fourth-order valence-electron chi connectivity index (χ4n) is 1.63. The number of hydrogen-bond donors (Lipinski definition) is 1. The van der Waals surface area contributed by atoms with Crippen LogP contribution in [0.5, 0.6) is 0 Å². The first-order valence-corrected chi connectivity index (χ1v) is 4.99. The second kappa shape index (κ2) is 4.47. The van der Waals surface area contributed by atoms with Crippen LogP contribution in [0.15, 0.2) is 12.1 Å². The molecule has 0 bridgehead atoms. The largest absolute Gasteiger partial charge is 0.397 e. The van der Waals surface area contributed by atoms with Gasteiger partial charge in [-0.25, -0.2) is 8.78 Å². The lowest BCUT2D eigenvalue weighted by Crippen LogP contribution is -2.32. The van der Waals surface area contributed by atoms with Crippen LogP contribution in [-0.2, 0) is 0 Å². The van der Waals surface area contributed by atoms with Gasteiger partial charge in [0.2, 0.25) is 0 Å². The van der Waals surface area contributed by atoms with E-state index in [4.69, 9.17) is 5.73 Å². The molecule has 0 aliphatic heterocycles. The third kappa shape index (κ3) is 2.19. The number of nitrogens with two attached hydrogens (primary N) is 1. The monoisotopic (exact) mass is 214 g/mol. The zero-order valence-electron chi connectivity index (χ0n) is 9.22. The number of nitrogen functional groups attached to an aromatic ring is 1. The first kappa shape index (κ1) is 11.8. The molecule has 0 atom stereocenters. The van der Waals surface area contributed by atoms with Gasteiger partial charge in [0.15, 0.2) is 11.6 Å². The van der Waals surface area contributed by atoms with Gasteiger partial charge in [-0.05, 0) is 32.9 Å². The van der Waals surface area contributed by atoms with E-state index in [2.05, 4.69) is 0 Å². The molecule has 0 heterocycles. The lowest BCUT2D eigenvalue weighted by molar-refractivity contribution is 0.504. The van der Waals surface area contributed by atoms with Crippen LogP contribution in [0.2, 0.25) is 0 Å². The summed E-state index contributed by atoms with van der Waals surface area (Å²) in [5.74, 6) is -1.73. The molecule has 0 aliphatic carbocycles. The van der Waals surface area contributed by atoms with Crippen molar-refractivity contribution >= 4 is 11.4 Å². The van der Waals surface area contributed by atoms with E-state index < -0.39 is 11.6 Å². The molecule has 0 fully saturated rings. The highest BCUT2D eigenvalue weighted by molar-refractivity contribution is 5.68. The van der Waals surface area contributed by atoms with Crippen LogP contribution in [0.4, 0.5) is 20.2 Å². The van der Waals surface area contributed by atoms with Gasteiger partial charge in [0.05, 0.1) is 11.4 Å². The van der Waals surface area contributed by atoms with Gasteiger partial charge >= 0.3 is 0 Å². The number of nitrogens with zero attached hydrogens (tertiary/aromatic N) is 1. The molecule has 2 N–H and O–H groups in total. The lowest BCUT2D eigenvalue weighted by Gasteiger charge is -2.29. The van der Waals surface area contributed by atoms with Crippen molar-refractivity contribution in [2.45, 2.75) is 26.8 Å². The quantitative estimate of drug-likeness (QED) is 0.784. The molecule has 0 spiro atoms. The van der Waals surface area contributed by atoms with Crippen LogP contribution >= 0.6 is 0 Å². The van der Waals surface area contributed by atoms with Gasteiger partial charge in [-0.15, -0.1) is 0 Å². The summed E-state index contributed by atoms with van der Waals surface area (Å²) in [6.07, 6.45) is 0. The van der Waals surface area contributed by atoms with E-state index in [0.717, 1.165) is 6.07 Å². The standard InChI is InChI=1S/C11H16F2N2/c1-4-15(7(2)3)11-9(14)6-5-8(12)10(11)13/h5-7H,4,14H2,1-3H3. The smallest absolute Gasteiger partial charge is 0.184 e. The number of hydrogen-bond acceptors (Lipinski definition) is 2. The minimum Gasteiger partial charge on any atom is -0.397 e. The molecule has 84 valence electrons. The van der Waals surface area contributed by atoms with Crippen molar-refractivity contribution in [3.63, 3.8) is 0 Å². The van der Waals surface area contributed by atoms with Crippen LogP contribution in [-0.4, -0.2) is 12.6 Å². The van der Waals surface area contributed by atoms with Gasteiger partial charge in [0.25, 0.3) is 0 Å². The zero-order valence-corrected chi connectivity index (χ0v) is 9.22. The van der Waals surface area contributed by atoms with E-state index in [1.165, 1.54) is 6.07 Å². The number of benzene rings is 1. The summed E-state index contributed by atoms with van der Waals surface area (Å²) in [6.45, 7) is 6.28. The molecule has 0 amide bonds. The lowest BCUT2D eigenvalue weighted by atomic mass is 10.2. The minimum atomic E-state index is -0.870. The SMILES string of the molecule is CCN(c1c(N)ccc(F)c1F)C(C)C. The van der Waals surface area contributed by atoms with E-state index in [1.807, 2.05) is 20.8 Å². The minimum absolute atomic E-state index is 0.0774. The van der Waals surface area contributed by atoms with E-state index in [-0.39, 0.29) is 17.4 Å². The Labute approximate surface area is 88.7 Å². The Hall–Kier alpha value is -1.32. The van der Waals surface area contributed by atoms with Crippen molar-refractivity contribution < 1.29 is 8.78 Å². The zero-order chi connectivity index (χ0) is 11.6. The van der Waals surface area contributed by atoms with Gasteiger partial charge in [-0.3, -0.25) is 0 Å². The summed E-state index contributed by atoms with van der Waals surface area (Å²) in [5, 5.41) is 0. The summed E-state index contributed by atoms with van der Waals surface area (Å²) in [6, 6.07) is 2.51. The Morgan fingerprint density at radius 1 is 1.33 bits per heavy atom. The van der Waals surface area contributed by atoms with Crippen molar-refractivity contribution in [2.24, 2.45) is 0 Å². The molecular formula is C11H16F2N2. The maximum Gasteiger partial charge on any atom is 0.184 e. The summed E-state index contributed by atoms with van der Waals surface area (Å²) in [4.78, 5) is 1.73. The van der Waals surface area contributed by atoms with Gasteiger partial charge in [0, 0.05) is 12.6 Å². The highest BCUT2D eigenvalue weighted by atomic mass is 19.2. The van der Waals surface area contributed by atoms with Gasteiger partial charge in [-0.1, -0.05) is 0 Å². The molecule has 4 heteroatoms. The Bertz CT molecular complexity index is 351. The molecule has 0 aromatic heterocycles. The van der Waals surface area contributed by atoms with Crippen molar-refractivity contribution in [1.82, 2.24) is 0 Å². The first-order valence-electron chi connectivity index (χ1n) is 4.99. The summed E-state index contributed by atoms with van der Waals surface area (Å²) in [5.41, 5.74) is 6.08. The first-order chi connectivity index (χ1) is 6.99. The summed E-state index contributed by atoms with van der Waals surface area (Å²) >= 11 is 0. The van der Waals surface area contributed by atoms with Gasteiger partial charge < -0.3 is 10.6 Å². The molecule has 0 saturated carbocycles. The number of halogens is 2. The fourth-order valence-corrected chi connectivity index (χ4v) is 1.63. The molecule has 2 nitrogen and oxygen atoms in total. The van der Waals surface area contributed by atoms with E-state index in [1.54, 1.807) is 4.90 Å². The Morgan fingerprint density at radius 3 is 2.40 bits per heavy atom. The molecule has 15 heavy (non-hydrogen) atoms. The Morgan fingerprint density at radius 2 is 1.93 bits per heavy atom. The van der Waals surface area contributed by atoms with E-state index in [9.17, 15) is 8.78 Å². The summed E-state index contributed by atoms with van der Waals surface area (Å²) in [7, 11) is 0. The molecule has 0 radical (unpaired) electrons. The molecular weight excluding hydrogens is 198 g/mol. The van der Waals surface area contributed by atoms with E-state index >= 15 is 0 Å². The molecule has 0 saturated heterocycles. The fraction of sp³-hybridized carbons (Fsp3) is 0.455. The Kier molecular flexibility index (Phi) is 3.50. The van der Waals surface area contributed by atoms with Crippen molar-refractivity contribution in [3.8, 4) is 0 Å². The maximum absolute atomic E-state index is 13.6. The van der Waals surface area contributed by atoms with Crippen LogP contribution in [0, 0.1) is 11.6 Å². The van der Waals surface area contributed by atoms with Crippen LogP contribution in [0.3, 0.4) is 0 Å². The molecule has 0 aliphatic rings. The van der Waals surface area contributed by atoms with Crippen molar-refractivity contribution in [2.75, 3.05) is 17.2 Å². The maximum atomic E-state index is 13.6. The molecule has 1 aromatic rings. The normalized spacial score (nSPS) is 10.8. The second-order valence-corrected chi connectivity index (χ2v) is 3.68. The number of anilines is 2. The van der Waals surface area contributed by atoms with Gasteiger partial charge in [-0.2, -0.15) is 0 Å². The van der Waals surface area contributed by atoms with Crippen LogP contribution in [0.1, 0.15) is 20.8 Å². The van der Waals surface area contributed by atoms with Crippen LogP contribution in [0.25, 0.3) is 0 Å². The topological polar surface area (TPSA) is 29.3 Å². The molecule has 1 aromatic carbocycles. The van der Waals surface area contributed by atoms with E-state index in [0.29, 0.717) is 6.54 Å². The predicted molar refractivity (Wildman–Crippen MR) is 58.9 cm³/mol. The third-order valence-electron chi connectivity index (χ3n) is 2.35. The van der Waals surface area contributed by atoms with Crippen LogP contribution < -0.4 is 10.6 Å². The van der Waals surface area contributed by atoms with Crippen molar-refractivity contribution in [1.29, 1.82) is 0 Å². The summed E-state index contributed by atoms with van der Waals surface area (Å²) < 4.78 is 26.6. The highest BCUT2D eigenvalue weighted by Gasteiger charge is 2.19. The Balaban J connectivity index is 3.27. The van der Waals surface area contributed by atoms with Gasteiger partial charge in [0.1, 0.15) is 0 Å². The second-order valence-electron chi connectivity index (χ2n) is 3.68. The molecule has 1 rings (SSSR count). The van der Waals surface area contributed by atoms with Crippen molar-refractivity contribution in [3.05, 3.63) is 23.8 Å². The third-order valence-corrected chi connectivity index (χ3v) is 2.35. The molecule has 0 unspecified atom stereocenters.